The third-order valence-corrected chi connectivity index (χ3v) is 8.94. The van der Waals surface area contributed by atoms with Gasteiger partial charge in [-0.15, -0.1) is 0 Å². The van der Waals surface area contributed by atoms with Crippen LogP contribution < -0.4 is 39.6 Å². The second-order valence-electron chi connectivity index (χ2n) is 10.9. The zero-order chi connectivity index (χ0) is 31.1. The summed E-state index contributed by atoms with van der Waals surface area (Å²) in [7, 11) is -2.63. The van der Waals surface area contributed by atoms with E-state index in [-0.39, 0.29) is 51.8 Å². The average Bonchev–Trinajstić information content (AvgIpc) is 3.32. The second-order valence-corrected chi connectivity index (χ2v) is 12.5. The molecule has 8 nitrogen and oxygen atoms in total. The van der Waals surface area contributed by atoms with Crippen LogP contribution in [0.1, 0.15) is 66.2 Å². The van der Waals surface area contributed by atoms with Gasteiger partial charge in [0.1, 0.15) is 15.8 Å². The number of benzene rings is 3. The number of nitrogens with one attached hydrogen (secondary N) is 1. The summed E-state index contributed by atoms with van der Waals surface area (Å²) in [6, 6.07) is 17.7. The predicted octanol–water partition coefficient (Wildman–Crippen LogP) is 3.57. The van der Waals surface area contributed by atoms with E-state index in [9.17, 15) is 18.0 Å². The third-order valence-electron chi connectivity index (χ3n) is 7.52. The van der Waals surface area contributed by atoms with Crippen molar-refractivity contribution in [3.63, 3.8) is 0 Å². The van der Waals surface area contributed by atoms with Crippen LogP contribution in [0.4, 0.5) is 0 Å². The van der Waals surface area contributed by atoms with E-state index in [1.165, 1.54) is 13.2 Å². The molecule has 1 unspecified atom stereocenters. The molecule has 4 aromatic rings. The van der Waals surface area contributed by atoms with E-state index in [1.54, 1.807) is 43.3 Å². The van der Waals surface area contributed by atoms with Gasteiger partial charge >= 0.3 is 29.6 Å². The van der Waals surface area contributed by atoms with Gasteiger partial charge in [0.25, 0.3) is 0 Å². The van der Waals surface area contributed by atoms with Crippen molar-refractivity contribution in [3.8, 4) is 5.75 Å². The van der Waals surface area contributed by atoms with Gasteiger partial charge in [-0.25, -0.2) is 8.42 Å². The normalized spacial score (nSPS) is 11.9. The molecule has 0 aliphatic heterocycles. The Hall–Kier alpha value is -3.11. The Morgan fingerprint density at radius 2 is 1.75 bits per heavy atom. The number of methoxy groups -OCH3 is 1. The van der Waals surface area contributed by atoms with Crippen LogP contribution in [0.25, 0.3) is 15.6 Å². The number of aromatic nitrogens is 1. The number of rotatable bonds is 13. The molecular weight excluding hydrogens is 585 g/mol. The summed E-state index contributed by atoms with van der Waals surface area (Å²) in [5.41, 5.74) is 4.81. The molecule has 0 fully saturated rings. The molecule has 2 amide bonds. The van der Waals surface area contributed by atoms with Crippen molar-refractivity contribution in [1.29, 1.82) is 0 Å². The van der Waals surface area contributed by atoms with Crippen LogP contribution in [0.5, 0.6) is 5.75 Å². The number of sulfonamides is 1. The van der Waals surface area contributed by atoms with Gasteiger partial charge in [-0.05, 0) is 72.7 Å². The first kappa shape index (κ1) is 35.4. The summed E-state index contributed by atoms with van der Waals surface area (Å²) in [6.45, 7) is 9.33. The summed E-state index contributed by atoms with van der Waals surface area (Å²) >= 11 is 0. The van der Waals surface area contributed by atoms with Crippen LogP contribution in [0, 0.1) is 12.8 Å². The number of aryl methyl sites for hydroxylation is 2. The van der Waals surface area contributed by atoms with Gasteiger partial charge in [-0.2, -0.15) is 0 Å². The largest absolute Gasteiger partial charge is 1.00 e. The quantitative estimate of drug-likeness (QED) is 0.229. The molecule has 0 spiro atoms. The van der Waals surface area contributed by atoms with Crippen LogP contribution in [0.2, 0.25) is 0 Å². The summed E-state index contributed by atoms with van der Waals surface area (Å²) in [5.74, 6) is -0.462. The molecule has 44 heavy (non-hydrogen) atoms. The van der Waals surface area contributed by atoms with E-state index in [2.05, 4.69) is 45.9 Å². The maximum atomic E-state index is 12.9. The first-order chi connectivity index (χ1) is 20.6. The van der Waals surface area contributed by atoms with E-state index in [4.69, 9.17) is 4.74 Å². The molecule has 0 bridgehead atoms. The van der Waals surface area contributed by atoms with Gasteiger partial charge < -0.3 is 24.1 Å². The Balaban J connectivity index is 0.00000529. The van der Waals surface area contributed by atoms with E-state index < -0.39 is 15.9 Å². The van der Waals surface area contributed by atoms with Crippen LogP contribution in [-0.2, 0) is 34.2 Å². The first-order valence-electron chi connectivity index (χ1n) is 14.7. The number of amides is 2. The molecule has 10 heteroatoms. The van der Waals surface area contributed by atoms with Crippen molar-refractivity contribution in [2.24, 2.45) is 5.92 Å². The minimum Gasteiger partial charge on any atom is -0.538 e. The average molecular weight is 626 g/mol. The molecule has 1 N–H and O–H groups in total. The van der Waals surface area contributed by atoms with Crippen molar-refractivity contribution in [1.82, 2.24) is 9.88 Å². The first-order valence-corrected chi connectivity index (χ1v) is 16.1. The van der Waals surface area contributed by atoms with Crippen molar-refractivity contribution in [3.05, 3.63) is 99.4 Å². The Bertz CT molecular complexity index is 1730. The van der Waals surface area contributed by atoms with E-state index in [1.807, 2.05) is 13.8 Å². The fourth-order valence-corrected chi connectivity index (χ4v) is 6.41. The van der Waals surface area contributed by atoms with Gasteiger partial charge in [0.15, 0.2) is 0 Å². The Morgan fingerprint density at radius 3 is 2.43 bits per heavy atom. The van der Waals surface area contributed by atoms with Crippen LogP contribution >= 0.6 is 0 Å². The van der Waals surface area contributed by atoms with Gasteiger partial charge in [-0.1, -0.05) is 57.2 Å². The van der Waals surface area contributed by atoms with Gasteiger partial charge in [0.05, 0.1) is 17.9 Å². The van der Waals surface area contributed by atoms with Crippen LogP contribution in [0.3, 0.4) is 0 Å². The smallest absolute Gasteiger partial charge is 0.538 e. The summed E-state index contributed by atoms with van der Waals surface area (Å²) in [6.07, 6.45) is 5.21. The molecular formula is C34H40N3NaO5S. The topological polar surface area (TPSA) is 109 Å². The summed E-state index contributed by atoms with van der Waals surface area (Å²) < 4.78 is 37.1. The molecule has 1 atom stereocenters. The number of hydrogen-bond acceptors (Lipinski definition) is 5. The van der Waals surface area contributed by atoms with Crippen molar-refractivity contribution in [2.75, 3.05) is 13.7 Å². The maximum absolute atomic E-state index is 12.9. The molecule has 1 heterocycles. The summed E-state index contributed by atoms with van der Waals surface area (Å²) in [4.78, 5) is 25.4. The van der Waals surface area contributed by atoms with Gasteiger partial charge in [0, 0.05) is 48.1 Å². The number of ether oxygens (including phenoxy) is 1. The second kappa shape index (κ2) is 15.8. The van der Waals surface area contributed by atoms with Crippen LogP contribution in [-0.4, -0.2) is 38.5 Å². The Morgan fingerprint density at radius 1 is 1.00 bits per heavy atom. The van der Waals surface area contributed by atoms with Gasteiger partial charge in [-0.3, -0.25) is 4.79 Å². The van der Waals surface area contributed by atoms with E-state index in [0.717, 1.165) is 47.0 Å². The van der Waals surface area contributed by atoms with Crippen LogP contribution in [0.15, 0.2) is 71.8 Å². The monoisotopic (exact) mass is 625 g/mol. The van der Waals surface area contributed by atoms with Crippen molar-refractivity contribution >= 4 is 32.7 Å². The van der Waals surface area contributed by atoms with E-state index >= 15 is 0 Å². The molecule has 1 aromatic heterocycles. The number of hydrogen-bond donors (Lipinski definition) is 1. The molecule has 228 valence electrons. The van der Waals surface area contributed by atoms with Crippen molar-refractivity contribution in [2.45, 2.75) is 64.8 Å². The SMILES string of the molecule is CCCNC(=O)C(C)Cc1ccc2c(c1)c(Cc1ccc(C(=O)[N-]S(=O)(=O)c3ccccc3C)cc1OC)cn2CCC.[Na+]. The number of carbonyl (C=O) groups is 2. The van der Waals surface area contributed by atoms with Crippen molar-refractivity contribution < 1.29 is 52.3 Å². The minimum absolute atomic E-state index is 0. The minimum atomic E-state index is -4.16. The molecule has 0 aliphatic carbocycles. The molecule has 4 rings (SSSR count). The summed E-state index contributed by atoms with van der Waals surface area (Å²) in [5, 5.41) is 4.09. The molecule has 0 saturated heterocycles. The predicted molar refractivity (Wildman–Crippen MR) is 170 cm³/mol. The fraction of sp³-hybridized carbons (Fsp3) is 0.353. The molecule has 0 aliphatic rings. The number of fused-ring (bicyclic) bond motifs is 1. The maximum Gasteiger partial charge on any atom is 1.00 e. The zero-order valence-corrected chi connectivity index (χ0v) is 29.3. The molecule has 3 aromatic carbocycles. The standard InChI is InChI=1S/C34H41N3O5S.Na/c1-6-16-35-33(38)24(4)18-25-12-15-30-29(19-25)28(22-37(30)17-7-2)20-26-13-14-27(21-31(26)42-5)34(39)36-43(40,41)32-11-9-8-10-23(32)3;/h8-15,19,21-22,24H,6-7,16-18,20H2,1-5H3,(H2,35,36,38,39);/q;+1/p-1. The van der Waals surface area contributed by atoms with E-state index in [0.29, 0.717) is 30.7 Å². The molecule has 0 saturated carbocycles. The number of nitrogens with zero attached hydrogens (tertiary/aromatic N) is 2. The Kier molecular flexibility index (Phi) is 12.7. The Labute approximate surface area is 282 Å². The molecule has 0 radical (unpaired) electrons. The third kappa shape index (κ3) is 8.33. The van der Waals surface area contributed by atoms with Gasteiger partial charge in [0.2, 0.25) is 5.91 Å². The zero-order valence-electron chi connectivity index (χ0n) is 26.5. The number of carbonyl (C=O) groups excluding carboxylic acids is 2. The fourth-order valence-electron chi connectivity index (χ4n) is 5.27.